The zero-order valence-electron chi connectivity index (χ0n) is 6.77. The lowest BCUT2D eigenvalue weighted by Crippen LogP contribution is -1.99. The van der Waals surface area contributed by atoms with Crippen LogP contribution in [0.1, 0.15) is 15.9 Å². The molecular weight excluding hydrogens is 166 g/mol. The lowest BCUT2D eigenvalue weighted by molar-refractivity contribution is 0.103. The Hall–Kier alpha value is -1.97. The smallest absolute Gasteiger partial charge is 0.196 e. The van der Waals surface area contributed by atoms with Gasteiger partial charge in [-0.15, -0.1) is 0 Å². The first-order valence-electron chi connectivity index (χ1n) is 3.81. The summed E-state index contributed by atoms with van der Waals surface area (Å²) < 4.78 is 0. The molecule has 0 aliphatic rings. The molecule has 13 heavy (non-hydrogen) atoms. The van der Waals surface area contributed by atoms with Gasteiger partial charge >= 0.3 is 0 Å². The minimum absolute atomic E-state index is 0.0452. The number of aromatic nitrogens is 3. The van der Waals surface area contributed by atoms with Gasteiger partial charge in [-0.25, -0.2) is 0 Å². The highest BCUT2D eigenvalue weighted by molar-refractivity contribution is 6.08. The summed E-state index contributed by atoms with van der Waals surface area (Å²) in [6.07, 6.45) is 6.26. The van der Waals surface area contributed by atoms with Crippen LogP contribution in [0.5, 0.6) is 0 Å². The van der Waals surface area contributed by atoms with Crippen molar-refractivity contribution in [3.8, 4) is 0 Å². The number of aromatic amines is 1. The monoisotopic (exact) mass is 173 g/mol. The van der Waals surface area contributed by atoms with Crippen LogP contribution in [0, 0.1) is 0 Å². The Bertz CT molecular complexity index is 394. The van der Waals surface area contributed by atoms with Gasteiger partial charge in [0, 0.05) is 24.2 Å². The van der Waals surface area contributed by atoms with Crippen LogP contribution >= 0.6 is 0 Å². The maximum absolute atomic E-state index is 11.6. The summed E-state index contributed by atoms with van der Waals surface area (Å²) in [4.78, 5) is 15.5. The number of carbonyl (C=O) groups is 1. The molecule has 64 valence electrons. The van der Waals surface area contributed by atoms with E-state index in [0.717, 1.165) is 0 Å². The van der Waals surface area contributed by atoms with Crippen LogP contribution in [-0.4, -0.2) is 21.0 Å². The number of ketones is 1. The van der Waals surface area contributed by atoms with Crippen LogP contribution in [0.3, 0.4) is 0 Å². The van der Waals surface area contributed by atoms with E-state index in [2.05, 4.69) is 15.2 Å². The van der Waals surface area contributed by atoms with Gasteiger partial charge in [-0.1, -0.05) is 0 Å². The number of nitrogens with zero attached hydrogens (tertiary/aromatic N) is 2. The van der Waals surface area contributed by atoms with E-state index in [9.17, 15) is 4.79 Å². The molecular formula is C9H7N3O. The van der Waals surface area contributed by atoms with Crippen LogP contribution in [-0.2, 0) is 0 Å². The zero-order valence-corrected chi connectivity index (χ0v) is 6.77. The summed E-state index contributed by atoms with van der Waals surface area (Å²) in [6, 6.07) is 3.35. The molecule has 0 amide bonds. The minimum atomic E-state index is -0.0452. The van der Waals surface area contributed by atoms with E-state index >= 15 is 0 Å². The molecule has 0 spiro atoms. The largest absolute Gasteiger partial charge is 0.288 e. The summed E-state index contributed by atoms with van der Waals surface area (Å²) in [7, 11) is 0. The molecule has 0 unspecified atom stereocenters. The van der Waals surface area contributed by atoms with Crippen molar-refractivity contribution in [1.29, 1.82) is 0 Å². The van der Waals surface area contributed by atoms with Crippen LogP contribution in [0.2, 0.25) is 0 Å². The third-order valence-electron chi connectivity index (χ3n) is 1.70. The number of rotatable bonds is 2. The van der Waals surface area contributed by atoms with E-state index in [0.29, 0.717) is 11.1 Å². The molecule has 0 bridgehead atoms. The van der Waals surface area contributed by atoms with Crippen molar-refractivity contribution in [2.24, 2.45) is 0 Å². The third kappa shape index (κ3) is 1.46. The Morgan fingerprint density at radius 1 is 1.23 bits per heavy atom. The number of hydrogen-bond acceptors (Lipinski definition) is 3. The number of nitrogens with one attached hydrogen (secondary N) is 1. The molecule has 4 heteroatoms. The molecule has 0 aromatic carbocycles. The minimum Gasteiger partial charge on any atom is -0.288 e. The van der Waals surface area contributed by atoms with Crippen molar-refractivity contribution >= 4 is 5.78 Å². The van der Waals surface area contributed by atoms with Crippen molar-refractivity contribution in [3.05, 3.63) is 48.0 Å². The molecule has 0 fully saturated rings. The Kier molecular flexibility index (Phi) is 1.88. The van der Waals surface area contributed by atoms with Gasteiger partial charge in [0.15, 0.2) is 5.78 Å². The topological polar surface area (TPSA) is 58.6 Å². The van der Waals surface area contributed by atoms with E-state index in [1.165, 1.54) is 6.20 Å². The number of carbonyl (C=O) groups excluding carboxylic acids is 1. The highest BCUT2D eigenvalue weighted by atomic mass is 16.1. The normalized spacial score (nSPS) is 9.85. The second-order valence-electron chi connectivity index (χ2n) is 2.55. The quantitative estimate of drug-likeness (QED) is 0.690. The first-order chi connectivity index (χ1) is 6.38. The summed E-state index contributed by atoms with van der Waals surface area (Å²) in [5, 5.41) is 6.30. The molecule has 0 aliphatic carbocycles. The molecule has 2 heterocycles. The van der Waals surface area contributed by atoms with Crippen molar-refractivity contribution in [2.45, 2.75) is 0 Å². The zero-order chi connectivity index (χ0) is 9.10. The summed E-state index contributed by atoms with van der Waals surface area (Å²) >= 11 is 0. The van der Waals surface area contributed by atoms with Gasteiger partial charge in [0.05, 0.1) is 11.8 Å². The van der Waals surface area contributed by atoms with Gasteiger partial charge in [-0.3, -0.25) is 14.9 Å². The van der Waals surface area contributed by atoms with E-state index in [4.69, 9.17) is 0 Å². The number of H-pyrrole nitrogens is 1. The molecule has 0 radical (unpaired) electrons. The van der Waals surface area contributed by atoms with Crippen molar-refractivity contribution < 1.29 is 4.79 Å². The van der Waals surface area contributed by atoms with Crippen molar-refractivity contribution in [1.82, 2.24) is 15.2 Å². The lowest BCUT2D eigenvalue weighted by Gasteiger charge is -1.94. The van der Waals surface area contributed by atoms with Gasteiger partial charge < -0.3 is 0 Å². The highest BCUT2D eigenvalue weighted by Gasteiger charge is 2.08. The highest BCUT2D eigenvalue weighted by Crippen LogP contribution is 2.05. The standard InChI is InChI=1S/C9H7N3O/c13-9(8-5-11-12-6-8)7-1-3-10-4-2-7/h1-6H,(H,11,12). The Morgan fingerprint density at radius 2 is 2.00 bits per heavy atom. The Labute approximate surface area is 74.6 Å². The average molecular weight is 173 g/mol. The fourth-order valence-electron chi connectivity index (χ4n) is 1.05. The molecule has 2 aromatic rings. The molecule has 2 rings (SSSR count). The van der Waals surface area contributed by atoms with Gasteiger partial charge in [0.1, 0.15) is 0 Å². The van der Waals surface area contributed by atoms with Crippen molar-refractivity contribution in [2.75, 3.05) is 0 Å². The number of pyridine rings is 1. The van der Waals surface area contributed by atoms with E-state index in [1.54, 1.807) is 30.7 Å². The fraction of sp³-hybridized carbons (Fsp3) is 0. The second-order valence-corrected chi connectivity index (χ2v) is 2.55. The van der Waals surface area contributed by atoms with Crippen LogP contribution in [0.4, 0.5) is 0 Å². The first-order valence-corrected chi connectivity index (χ1v) is 3.81. The summed E-state index contributed by atoms with van der Waals surface area (Å²) in [5.74, 6) is -0.0452. The SMILES string of the molecule is O=C(c1ccncc1)c1cn[nH]c1. The fourth-order valence-corrected chi connectivity index (χ4v) is 1.05. The molecule has 1 N–H and O–H groups in total. The van der Waals surface area contributed by atoms with Crippen LogP contribution < -0.4 is 0 Å². The molecule has 0 saturated heterocycles. The van der Waals surface area contributed by atoms with Crippen molar-refractivity contribution in [3.63, 3.8) is 0 Å². The summed E-state index contributed by atoms with van der Waals surface area (Å²) in [5.41, 5.74) is 1.18. The number of hydrogen-bond donors (Lipinski definition) is 1. The van der Waals surface area contributed by atoms with Crippen LogP contribution in [0.15, 0.2) is 36.9 Å². The third-order valence-corrected chi connectivity index (χ3v) is 1.70. The average Bonchev–Trinajstić information content (AvgIpc) is 2.71. The predicted molar refractivity (Wildman–Crippen MR) is 46.3 cm³/mol. The maximum Gasteiger partial charge on any atom is 0.196 e. The Balaban J connectivity index is 2.34. The maximum atomic E-state index is 11.6. The van der Waals surface area contributed by atoms with Gasteiger partial charge in [0.25, 0.3) is 0 Å². The molecule has 2 aromatic heterocycles. The van der Waals surface area contributed by atoms with E-state index in [1.807, 2.05) is 0 Å². The molecule has 0 atom stereocenters. The summed E-state index contributed by atoms with van der Waals surface area (Å²) in [6.45, 7) is 0. The molecule has 0 aliphatic heterocycles. The van der Waals surface area contributed by atoms with E-state index < -0.39 is 0 Å². The van der Waals surface area contributed by atoms with Gasteiger partial charge in [0.2, 0.25) is 0 Å². The van der Waals surface area contributed by atoms with Gasteiger partial charge in [-0.05, 0) is 12.1 Å². The molecule has 4 nitrogen and oxygen atoms in total. The molecule has 0 saturated carbocycles. The van der Waals surface area contributed by atoms with Crippen LogP contribution in [0.25, 0.3) is 0 Å². The predicted octanol–water partition coefficient (Wildman–Crippen LogP) is 1.04. The van der Waals surface area contributed by atoms with E-state index in [-0.39, 0.29) is 5.78 Å². The first kappa shape index (κ1) is 7.67. The second kappa shape index (κ2) is 3.18. The van der Waals surface area contributed by atoms with Gasteiger partial charge in [-0.2, -0.15) is 5.10 Å². The Morgan fingerprint density at radius 3 is 2.62 bits per heavy atom. The lowest BCUT2D eigenvalue weighted by atomic mass is 10.1.